The minimum absolute atomic E-state index is 0.725. The van der Waals surface area contributed by atoms with Gasteiger partial charge in [-0.15, -0.1) is 12.6 Å². The Morgan fingerprint density at radius 1 is 1.29 bits per heavy atom. The van der Waals surface area contributed by atoms with Gasteiger partial charge in [-0.25, -0.2) is 0 Å². The molecule has 1 aliphatic rings. The molecule has 0 radical (unpaired) electrons. The highest BCUT2D eigenvalue weighted by molar-refractivity contribution is 7.80. The van der Waals surface area contributed by atoms with Crippen LogP contribution in [-0.4, -0.2) is 25.0 Å². The molecule has 1 aromatic rings. The third-order valence-electron chi connectivity index (χ3n) is 2.99. The van der Waals surface area contributed by atoms with Crippen LogP contribution in [0.1, 0.15) is 24.3 Å². The number of hydrogen-bond acceptors (Lipinski definition) is 2. The zero-order chi connectivity index (χ0) is 9.97. The van der Waals surface area contributed by atoms with Crippen molar-refractivity contribution < 1.29 is 0 Å². The fraction of sp³-hybridized carbons (Fsp3) is 0.500. The number of likely N-dealkylation sites (tertiary alicyclic amines) is 1. The molecular weight excluding hydrogens is 190 g/mol. The molecule has 1 fully saturated rings. The molecule has 76 valence electrons. The Morgan fingerprint density at radius 2 is 2.00 bits per heavy atom. The number of likely N-dealkylation sites (N-methyl/N-ethyl adjacent to an activating group) is 1. The first-order valence-corrected chi connectivity index (χ1v) is 5.68. The van der Waals surface area contributed by atoms with Crippen LogP contribution in [0.25, 0.3) is 0 Å². The molecular formula is C12H17NS. The lowest BCUT2D eigenvalue weighted by atomic mass is 9.91. The highest BCUT2D eigenvalue weighted by Gasteiger charge is 2.18. The fourth-order valence-corrected chi connectivity index (χ4v) is 2.33. The summed E-state index contributed by atoms with van der Waals surface area (Å²) in [5.41, 5.74) is 1.47. The van der Waals surface area contributed by atoms with Crippen molar-refractivity contribution in [1.29, 1.82) is 0 Å². The van der Waals surface area contributed by atoms with Gasteiger partial charge in [-0.3, -0.25) is 0 Å². The van der Waals surface area contributed by atoms with Crippen molar-refractivity contribution in [3.05, 3.63) is 29.8 Å². The lowest BCUT2D eigenvalue weighted by Crippen LogP contribution is -2.30. The van der Waals surface area contributed by atoms with Gasteiger partial charge in [-0.1, -0.05) is 12.1 Å². The molecule has 0 amide bonds. The smallest absolute Gasteiger partial charge is 0.00472 e. The number of benzene rings is 1. The maximum Gasteiger partial charge on any atom is 0.00472 e. The van der Waals surface area contributed by atoms with Gasteiger partial charge in [0.25, 0.3) is 0 Å². The third-order valence-corrected chi connectivity index (χ3v) is 3.29. The normalized spacial score (nSPS) is 23.7. The predicted molar refractivity (Wildman–Crippen MR) is 63.2 cm³/mol. The molecule has 2 heteroatoms. The number of nitrogens with zero attached hydrogens (tertiary/aromatic N) is 1. The van der Waals surface area contributed by atoms with Crippen LogP contribution in [0.4, 0.5) is 0 Å². The summed E-state index contributed by atoms with van der Waals surface area (Å²) in [5, 5.41) is 0. The summed E-state index contributed by atoms with van der Waals surface area (Å²) in [6.07, 6.45) is 2.65. The minimum Gasteiger partial charge on any atom is -0.306 e. The first-order valence-electron chi connectivity index (χ1n) is 5.23. The maximum atomic E-state index is 4.30. The summed E-state index contributed by atoms with van der Waals surface area (Å²) < 4.78 is 0. The standard InChI is InChI=1S/C12H17NS/c1-13-8-2-3-11(9-13)10-4-6-12(14)7-5-10/h4-7,11,14H,2-3,8-9H2,1H3. The first-order chi connectivity index (χ1) is 6.75. The minimum atomic E-state index is 0.725. The van der Waals surface area contributed by atoms with Gasteiger partial charge in [0.05, 0.1) is 0 Å². The third kappa shape index (κ3) is 2.31. The average Bonchev–Trinajstić information content (AvgIpc) is 2.19. The topological polar surface area (TPSA) is 3.24 Å². The summed E-state index contributed by atoms with van der Waals surface area (Å²) in [7, 11) is 2.21. The van der Waals surface area contributed by atoms with Gasteiger partial charge in [0.1, 0.15) is 0 Å². The SMILES string of the molecule is CN1CCCC(c2ccc(S)cc2)C1. The molecule has 0 saturated carbocycles. The first kappa shape index (κ1) is 10.1. The van der Waals surface area contributed by atoms with Crippen molar-refractivity contribution in [3.8, 4) is 0 Å². The van der Waals surface area contributed by atoms with E-state index in [4.69, 9.17) is 0 Å². The molecule has 0 aliphatic carbocycles. The van der Waals surface area contributed by atoms with Gasteiger partial charge < -0.3 is 4.90 Å². The molecule has 1 nitrogen and oxygen atoms in total. The van der Waals surface area contributed by atoms with Crippen molar-refractivity contribution in [2.24, 2.45) is 0 Å². The Kier molecular flexibility index (Phi) is 3.14. The molecule has 1 aliphatic heterocycles. The van der Waals surface area contributed by atoms with E-state index in [0.29, 0.717) is 0 Å². The van der Waals surface area contributed by atoms with E-state index in [1.54, 1.807) is 0 Å². The zero-order valence-electron chi connectivity index (χ0n) is 8.61. The van der Waals surface area contributed by atoms with Crippen molar-refractivity contribution >= 4 is 12.6 Å². The monoisotopic (exact) mass is 207 g/mol. The molecule has 0 N–H and O–H groups in total. The van der Waals surface area contributed by atoms with E-state index in [0.717, 1.165) is 10.8 Å². The molecule has 1 saturated heterocycles. The molecule has 1 unspecified atom stereocenters. The van der Waals surface area contributed by atoms with Gasteiger partial charge >= 0.3 is 0 Å². The van der Waals surface area contributed by atoms with Crippen LogP contribution >= 0.6 is 12.6 Å². The number of hydrogen-bond donors (Lipinski definition) is 1. The van der Waals surface area contributed by atoms with Gasteiger partial charge in [-0.2, -0.15) is 0 Å². The molecule has 1 aromatic carbocycles. The van der Waals surface area contributed by atoms with Crippen LogP contribution in [-0.2, 0) is 0 Å². The Bertz CT molecular complexity index is 294. The highest BCUT2D eigenvalue weighted by Crippen LogP contribution is 2.26. The Balaban J connectivity index is 2.10. The van der Waals surface area contributed by atoms with Crippen LogP contribution in [0.2, 0.25) is 0 Å². The molecule has 0 bridgehead atoms. The molecule has 14 heavy (non-hydrogen) atoms. The molecule has 2 rings (SSSR count). The lowest BCUT2D eigenvalue weighted by molar-refractivity contribution is 0.251. The second-order valence-electron chi connectivity index (χ2n) is 4.19. The van der Waals surface area contributed by atoms with Gasteiger partial charge in [0.15, 0.2) is 0 Å². The quantitative estimate of drug-likeness (QED) is 0.693. The Labute approximate surface area is 91.5 Å². The second kappa shape index (κ2) is 4.37. The Morgan fingerprint density at radius 3 is 2.64 bits per heavy atom. The van der Waals surface area contributed by atoms with Crippen LogP contribution < -0.4 is 0 Å². The lowest BCUT2D eigenvalue weighted by Gasteiger charge is -2.29. The van der Waals surface area contributed by atoms with Gasteiger partial charge in [0, 0.05) is 11.4 Å². The van der Waals surface area contributed by atoms with Crippen molar-refractivity contribution in [2.75, 3.05) is 20.1 Å². The largest absolute Gasteiger partial charge is 0.306 e. The van der Waals surface area contributed by atoms with Crippen molar-refractivity contribution in [3.63, 3.8) is 0 Å². The van der Waals surface area contributed by atoms with Crippen molar-refractivity contribution in [2.45, 2.75) is 23.7 Å². The van der Waals surface area contributed by atoms with Crippen molar-refractivity contribution in [1.82, 2.24) is 4.90 Å². The molecule has 0 spiro atoms. The summed E-state index contributed by atoms with van der Waals surface area (Å²) in [6, 6.07) is 8.61. The van der Waals surface area contributed by atoms with E-state index >= 15 is 0 Å². The van der Waals surface area contributed by atoms with Crippen LogP contribution in [0, 0.1) is 0 Å². The molecule has 1 heterocycles. The summed E-state index contributed by atoms with van der Waals surface area (Å²) in [4.78, 5) is 3.47. The Hall–Kier alpha value is -0.470. The van der Waals surface area contributed by atoms with E-state index < -0.39 is 0 Å². The van der Waals surface area contributed by atoms with E-state index in [-0.39, 0.29) is 0 Å². The summed E-state index contributed by atoms with van der Waals surface area (Å²) >= 11 is 4.30. The fourth-order valence-electron chi connectivity index (χ4n) is 2.18. The number of rotatable bonds is 1. The van der Waals surface area contributed by atoms with E-state index in [9.17, 15) is 0 Å². The predicted octanol–water partition coefficient (Wildman–Crippen LogP) is 2.78. The van der Waals surface area contributed by atoms with Gasteiger partial charge in [0.2, 0.25) is 0 Å². The van der Waals surface area contributed by atoms with E-state index in [1.807, 2.05) is 0 Å². The zero-order valence-corrected chi connectivity index (χ0v) is 9.50. The van der Waals surface area contributed by atoms with Crippen LogP contribution in [0.15, 0.2) is 29.2 Å². The van der Waals surface area contributed by atoms with Crippen LogP contribution in [0.5, 0.6) is 0 Å². The maximum absolute atomic E-state index is 4.30. The molecule has 0 aromatic heterocycles. The van der Waals surface area contributed by atoms with E-state index in [2.05, 4.69) is 48.8 Å². The number of thiol groups is 1. The van der Waals surface area contributed by atoms with E-state index in [1.165, 1.54) is 31.5 Å². The summed E-state index contributed by atoms with van der Waals surface area (Å²) in [6.45, 7) is 2.45. The second-order valence-corrected chi connectivity index (χ2v) is 4.71. The van der Waals surface area contributed by atoms with Crippen LogP contribution in [0.3, 0.4) is 0 Å². The highest BCUT2D eigenvalue weighted by atomic mass is 32.1. The average molecular weight is 207 g/mol. The van der Waals surface area contributed by atoms with Gasteiger partial charge in [-0.05, 0) is 50.0 Å². The number of piperidine rings is 1. The summed E-state index contributed by atoms with van der Waals surface area (Å²) in [5.74, 6) is 0.725. The molecule has 1 atom stereocenters.